The molecule has 0 radical (unpaired) electrons. The third-order valence-corrected chi connectivity index (χ3v) is 3.90. The molecule has 2 rings (SSSR count). The highest BCUT2D eigenvalue weighted by Gasteiger charge is 2.15. The summed E-state index contributed by atoms with van der Waals surface area (Å²) in [5.41, 5.74) is 1.33. The number of ether oxygens (including phenoxy) is 1. The van der Waals surface area contributed by atoms with Crippen molar-refractivity contribution >= 4 is 29.1 Å². The number of nitrogens with zero attached hydrogens (tertiary/aromatic N) is 1. The second kappa shape index (κ2) is 6.87. The monoisotopic (exact) mass is 326 g/mol. The molecular weight excluding hydrogens is 311 g/mol. The number of hydrogen-bond acceptors (Lipinski definition) is 2. The van der Waals surface area contributed by atoms with Crippen LogP contribution in [-0.4, -0.2) is 17.1 Å². The van der Waals surface area contributed by atoms with E-state index in [1.165, 1.54) is 0 Å². The number of hydrogen-bond donors (Lipinski definition) is 1. The third-order valence-electron chi connectivity index (χ3n) is 3.06. The first kappa shape index (κ1) is 15.7. The molecule has 1 aromatic carbocycles. The second-order valence-electron chi connectivity index (χ2n) is 4.45. The molecule has 0 atom stereocenters. The van der Waals surface area contributed by atoms with Crippen LogP contribution in [0.3, 0.4) is 0 Å². The van der Waals surface area contributed by atoms with Crippen LogP contribution in [0.5, 0.6) is 5.75 Å². The Morgan fingerprint density at radius 3 is 2.67 bits per heavy atom. The molecular formula is C15H16Cl2N2O2. The Kier molecular flexibility index (Phi) is 5.15. The lowest BCUT2D eigenvalue weighted by Crippen LogP contribution is -2.25. The Hall–Kier alpha value is -1.65. The molecule has 2 aromatic rings. The summed E-state index contributed by atoms with van der Waals surface area (Å²) in [7, 11) is 1.69. The van der Waals surface area contributed by atoms with Crippen LogP contribution in [0, 0.1) is 0 Å². The topological polar surface area (TPSA) is 43.3 Å². The Morgan fingerprint density at radius 1 is 1.33 bits per heavy atom. The van der Waals surface area contributed by atoms with E-state index in [0.717, 1.165) is 11.3 Å². The first-order valence-electron chi connectivity index (χ1n) is 6.54. The zero-order valence-electron chi connectivity index (χ0n) is 11.8. The number of nitrogens with one attached hydrogen (secondary N) is 1. The van der Waals surface area contributed by atoms with E-state index in [4.69, 9.17) is 27.9 Å². The van der Waals surface area contributed by atoms with E-state index in [1.54, 1.807) is 17.7 Å². The number of halogens is 2. The highest BCUT2D eigenvalue weighted by molar-refractivity contribution is 6.41. The minimum atomic E-state index is -0.238. The minimum absolute atomic E-state index is 0.238. The van der Waals surface area contributed by atoms with Gasteiger partial charge in [-0.3, -0.25) is 4.79 Å². The van der Waals surface area contributed by atoms with Crippen LogP contribution in [0.2, 0.25) is 10.2 Å². The lowest BCUT2D eigenvalue weighted by Gasteiger charge is -2.11. The number of rotatable bonds is 5. The summed E-state index contributed by atoms with van der Waals surface area (Å²) in [6, 6.07) is 9.14. The number of carbonyl (C=O) groups excluding carboxylic acids is 1. The lowest BCUT2D eigenvalue weighted by atomic mass is 10.2. The van der Waals surface area contributed by atoms with Crippen molar-refractivity contribution in [3.63, 3.8) is 0 Å². The molecule has 0 aliphatic carbocycles. The average molecular weight is 327 g/mol. The Bertz CT molecular complexity index is 653. The summed E-state index contributed by atoms with van der Waals surface area (Å²) in [5.74, 6) is 0.529. The number of carbonyl (C=O) groups is 1. The van der Waals surface area contributed by atoms with Crippen LogP contribution < -0.4 is 10.1 Å². The largest absolute Gasteiger partial charge is 0.494 e. The Balaban J connectivity index is 2.09. The predicted molar refractivity (Wildman–Crippen MR) is 84.2 cm³/mol. The zero-order valence-corrected chi connectivity index (χ0v) is 13.3. The summed E-state index contributed by atoms with van der Waals surface area (Å²) < 4.78 is 7.07. The van der Waals surface area contributed by atoms with Gasteiger partial charge in [0.2, 0.25) is 0 Å². The van der Waals surface area contributed by atoms with Crippen molar-refractivity contribution < 1.29 is 9.53 Å². The zero-order chi connectivity index (χ0) is 15.4. The smallest absolute Gasteiger partial charge is 0.268 e. The molecule has 0 unspecified atom stereocenters. The fourth-order valence-electron chi connectivity index (χ4n) is 1.97. The SMILES string of the molecule is CCOc1ccccc1CNC(=O)c1cc(Cl)c(Cl)n1C. The van der Waals surface area contributed by atoms with Gasteiger partial charge in [0.1, 0.15) is 16.6 Å². The van der Waals surface area contributed by atoms with Gasteiger partial charge in [-0.15, -0.1) is 0 Å². The van der Waals surface area contributed by atoms with Gasteiger partial charge in [-0.1, -0.05) is 41.4 Å². The maximum atomic E-state index is 12.2. The van der Waals surface area contributed by atoms with E-state index in [9.17, 15) is 4.79 Å². The van der Waals surface area contributed by atoms with Gasteiger partial charge in [-0.05, 0) is 19.1 Å². The van der Waals surface area contributed by atoms with Crippen molar-refractivity contribution in [1.29, 1.82) is 0 Å². The molecule has 0 aliphatic rings. The molecule has 0 fully saturated rings. The van der Waals surface area contributed by atoms with Crippen molar-refractivity contribution in [2.45, 2.75) is 13.5 Å². The normalized spacial score (nSPS) is 10.5. The van der Waals surface area contributed by atoms with Crippen molar-refractivity contribution in [2.75, 3.05) is 6.61 Å². The van der Waals surface area contributed by atoms with E-state index in [2.05, 4.69) is 5.32 Å². The molecule has 1 heterocycles. The number of aromatic nitrogens is 1. The van der Waals surface area contributed by atoms with Crippen LogP contribution in [0.1, 0.15) is 23.0 Å². The predicted octanol–water partition coefficient (Wildman–Crippen LogP) is 3.66. The van der Waals surface area contributed by atoms with Gasteiger partial charge in [0, 0.05) is 19.2 Å². The summed E-state index contributed by atoms with van der Waals surface area (Å²) in [6.45, 7) is 2.87. The standard InChI is InChI=1S/C15H16Cl2N2O2/c1-3-21-13-7-5-4-6-10(13)9-18-15(20)12-8-11(16)14(17)19(12)2/h4-8H,3,9H2,1-2H3,(H,18,20). The summed E-state index contributed by atoms with van der Waals surface area (Å²) in [4.78, 5) is 12.2. The quantitative estimate of drug-likeness (QED) is 0.911. The highest BCUT2D eigenvalue weighted by Crippen LogP contribution is 2.25. The van der Waals surface area contributed by atoms with Crippen LogP contribution >= 0.6 is 23.2 Å². The van der Waals surface area contributed by atoms with E-state index in [0.29, 0.717) is 29.0 Å². The number of amides is 1. The van der Waals surface area contributed by atoms with Crippen molar-refractivity contribution in [1.82, 2.24) is 9.88 Å². The molecule has 6 heteroatoms. The van der Waals surface area contributed by atoms with Gasteiger partial charge < -0.3 is 14.6 Å². The molecule has 0 bridgehead atoms. The maximum Gasteiger partial charge on any atom is 0.268 e. The van der Waals surface area contributed by atoms with Gasteiger partial charge in [-0.2, -0.15) is 0 Å². The van der Waals surface area contributed by atoms with E-state index < -0.39 is 0 Å². The van der Waals surface area contributed by atoms with E-state index in [-0.39, 0.29) is 5.91 Å². The van der Waals surface area contributed by atoms with Gasteiger partial charge in [0.15, 0.2) is 0 Å². The maximum absolute atomic E-state index is 12.2. The molecule has 4 nitrogen and oxygen atoms in total. The molecule has 1 aromatic heterocycles. The van der Waals surface area contributed by atoms with Crippen molar-refractivity contribution in [3.8, 4) is 5.75 Å². The van der Waals surface area contributed by atoms with Gasteiger partial charge in [-0.25, -0.2) is 0 Å². The van der Waals surface area contributed by atoms with E-state index in [1.807, 2.05) is 31.2 Å². The fraction of sp³-hybridized carbons (Fsp3) is 0.267. The number of para-hydroxylation sites is 1. The Morgan fingerprint density at radius 2 is 2.05 bits per heavy atom. The van der Waals surface area contributed by atoms with Crippen LogP contribution in [0.4, 0.5) is 0 Å². The van der Waals surface area contributed by atoms with E-state index >= 15 is 0 Å². The summed E-state index contributed by atoms with van der Waals surface area (Å²) >= 11 is 11.9. The first-order chi connectivity index (χ1) is 10.0. The summed E-state index contributed by atoms with van der Waals surface area (Å²) in [5, 5.41) is 3.54. The molecule has 0 saturated carbocycles. The fourth-order valence-corrected chi connectivity index (χ4v) is 2.35. The lowest BCUT2D eigenvalue weighted by molar-refractivity contribution is 0.0942. The van der Waals surface area contributed by atoms with Gasteiger partial charge >= 0.3 is 0 Å². The van der Waals surface area contributed by atoms with Gasteiger partial charge in [0.25, 0.3) is 5.91 Å². The minimum Gasteiger partial charge on any atom is -0.494 e. The molecule has 112 valence electrons. The molecule has 21 heavy (non-hydrogen) atoms. The molecule has 1 amide bonds. The molecule has 1 N–H and O–H groups in total. The van der Waals surface area contributed by atoms with Crippen molar-refractivity contribution in [3.05, 3.63) is 51.8 Å². The second-order valence-corrected chi connectivity index (χ2v) is 5.22. The van der Waals surface area contributed by atoms with Crippen LogP contribution in [0.25, 0.3) is 0 Å². The highest BCUT2D eigenvalue weighted by atomic mass is 35.5. The van der Waals surface area contributed by atoms with Crippen molar-refractivity contribution in [2.24, 2.45) is 7.05 Å². The average Bonchev–Trinajstić information content (AvgIpc) is 2.74. The van der Waals surface area contributed by atoms with Gasteiger partial charge in [0.05, 0.1) is 11.6 Å². The van der Waals surface area contributed by atoms with Crippen LogP contribution in [-0.2, 0) is 13.6 Å². The van der Waals surface area contributed by atoms with Crippen LogP contribution in [0.15, 0.2) is 30.3 Å². The first-order valence-corrected chi connectivity index (χ1v) is 7.29. The number of benzene rings is 1. The third kappa shape index (κ3) is 3.52. The molecule has 0 spiro atoms. The summed E-state index contributed by atoms with van der Waals surface area (Å²) in [6.07, 6.45) is 0. The molecule has 0 saturated heterocycles. The Labute approximate surface area is 133 Å². The molecule has 0 aliphatic heterocycles.